The molecule has 2 heterocycles. The van der Waals surface area contributed by atoms with Gasteiger partial charge in [0.1, 0.15) is 11.3 Å². The molecule has 0 atom stereocenters. The Labute approximate surface area is 154 Å². The molecule has 0 saturated carbocycles. The molecule has 8 heteroatoms. The van der Waals surface area contributed by atoms with Crippen LogP contribution in [-0.4, -0.2) is 33.2 Å². The second-order valence-corrected chi connectivity index (χ2v) is 5.92. The number of halogens is 1. The molecule has 0 spiro atoms. The van der Waals surface area contributed by atoms with E-state index >= 15 is 0 Å². The number of phenols is 1. The molecular weight excluding hydrogens is 356 g/mol. The molecule has 1 aromatic carbocycles. The number of hydrogen-bond donors (Lipinski definition) is 2. The summed E-state index contributed by atoms with van der Waals surface area (Å²) < 4.78 is 6.94. The van der Waals surface area contributed by atoms with Crippen molar-refractivity contribution < 1.29 is 14.6 Å². The summed E-state index contributed by atoms with van der Waals surface area (Å²) in [6.45, 7) is 4.00. The summed E-state index contributed by atoms with van der Waals surface area (Å²) in [5.41, 5.74) is 4.71. The number of rotatable bonds is 5. The third kappa shape index (κ3) is 3.62. The highest BCUT2D eigenvalue weighted by atomic mass is 35.5. The van der Waals surface area contributed by atoms with Crippen LogP contribution in [0.5, 0.6) is 11.5 Å². The first-order chi connectivity index (χ1) is 12.5. The molecule has 0 unspecified atom stereocenters. The zero-order valence-corrected chi connectivity index (χ0v) is 15.0. The van der Waals surface area contributed by atoms with Crippen LogP contribution in [0, 0.1) is 6.92 Å². The standard InChI is InChI=1S/C18H17ClN4O3/c1-3-26-15-8-12(4-6-14(15)24)9-20-22-18(25)17-11(2)21-16-7-5-13(19)10-23(16)17/h4-10,24H,3H2,1-2H3,(H,22,25)/b20-9-. The summed E-state index contributed by atoms with van der Waals surface area (Å²) in [6, 6.07) is 8.25. The number of hydrogen-bond acceptors (Lipinski definition) is 5. The molecule has 3 aromatic rings. The Hall–Kier alpha value is -3.06. The van der Waals surface area contributed by atoms with Crippen LogP contribution in [0.4, 0.5) is 0 Å². The van der Waals surface area contributed by atoms with Crippen molar-refractivity contribution in [1.29, 1.82) is 0 Å². The molecule has 134 valence electrons. The summed E-state index contributed by atoms with van der Waals surface area (Å²) in [4.78, 5) is 16.8. The summed E-state index contributed by atoms with van der Waals surface area (Å²) in [5.74, 6) is -0.00126. The van der Waals surface area contributed by atoms with E-state index in [0.29, 0.717) is 40.0 Å². The number of phenolic OH excluding ortho intramolecular Hbond substituents is 1. The van der Waals surface area contributed by atoms with E-state index in [1.54, 1.807) is 41.8 Å². The number of hydrazone groups is 1. The van der Waals surface area contributed by atoms with Crippen LogP contribution in [0.1, 0.15) is 28.7 Å². The van der Waals surface area contributed by atoms with Crippen molar-refractivity contribution >= 4 is 29.4 Å². The fourth-order valence-corrected chi connectivity index (χ4v) is 2.67. The number of carbonyl (C=O) groups excluding carboxylic acids is 1. The molecule has 2 N–H and O–H groups in total. The van der Waals surface area contributed by atoms with Crippen molar-refractivity contribution in [3.63, 3.8) is 0 Å². The number of nitrogens with one attached hydrogen (secondary N) is 1. The van der Waals surface area contributed by atoms with Gasteiger partial charge < -0.3 is 9.84 Å². The van der Waals surface area contributed by atoms with Gasteiger partial charge in [0.2, 0.25) is 0 Å². The van der Waals surface area contributed by atoms with Crippen molar-refractivity contribution in [3.8, 4) is 11.5 Å². The van der Waals surface area contributed by atoms with Gasteiger partial charge in [0.05, 0.1) is 23.5 Å². The van der Waals surface area contributed by atoms with Crippen LogP contribution in [0.15, 0.2) is 41.6 Å². The number of nitrogens with zero attached hydrogens (tertiary/aromatic N) is 3. The minimum Gasteiger partial charge on any atom is -0.504 e. The van der Waals surface area contributed by atoms with E-state index in [2.05, 4.69) is 15.5 Å². The first kappa shape index (κ1) is 17.8. The second-order valence-electron chi connectivity index (χ2n) is 5.48. The molecule has 0 radical (unpaired) electrons. The number of fused-ring (bicyclic) bond motifs is 1. The predicted octanol–water partition coefficient (Wildman–Crippen LogP) is 3.16. The number of aromatic hydroxyl groups is 1. The van der Waals surface area contributed by atoms with Crippen LogP contribution >= 0.6 is 11.6 Å². The average molecular weight is 373 g/mol. The lowest BCUT2D eigenvalue weighted by molar-refractivity contribution is 0.0948. The maximum atomic E-state index is 12.5. The molecule has 1 amide bonds. The molecule has 3 rings (SSSR count). The average Bonchev–Trinajstić information content (AvgIpc) is 2.93. The van der Waals surface area contributed by atoms with Crippen molar-refractivity contribution in [1.82, 2.24) is 14.8 Å². The molecule has 0 aliphatic rings. The van der Waals surface area contributed by atoms with E-state index in [0.717, 1.165) is 0 Å². The number of imidazole rings is 1. The van der Waals surface area contributed by atoms with Gasteiger partial charge in [0.25, 0.3) is 5.91 Å². The summed E-state index contributed by atoms with van der Waals surface area (Å²) in [6.07, 6.45) is 3.09. The van der Waals surface area contributed by atoms with E-state index in [1.807, 2.05) is 6.92 Å². The lowest BCUT2D eigenvalue weighted by Crippen LogP contribution is -2.20. The van der Waals surface area contributed by atoms with Crippen LogP contribution in [0.2, 0.25) is 5.02 Å². The molecule has 0 fully saturated rings. The molecule has 7 nitrogen and oxygen atoms in total. The zero-order valence-electron chi connectivity index (χ0n) is 14.2. The van der Waals surface area contributed by atoms with Crippen molar-refractivity contribution in [3.05, 3.63) is 58.5 Å². The van der Waals surface area contributed by atoms with Gasteiger partial charge >= 0.3 is 0 Å². The fourth-order valence-electron chi connectivity index (χ4n) is 2.51. The van der Waals surface area contributed by atoms with E-state index in [-0.39, 0.29) is 5.75 Å². The van der Waals surface area contributed by atoms with Crippen LogP contribution in [-0.2, 0) is 0 Å². The van der Waals surface area contributed by atoms with Gasteiger partial charge in [-0.05, 0) is 49.7 Å². The number of ether oxygens (including phenoxy) is 1. The Morgan fingerprint density at radius 1 is 1.42 bits per heavy atom. The third-order valence-corrected chi connectivity index (χ3v) is 3.86. The monoisotopic (exact) mass is 372 g/mol. The molecular formula is C18H17ClN4O3. The zero-order chi connectivity index (χ0) is 18.7. The quantitative estimate of drug-likeness (QED) is 0.532. The smallest absolute Gasteiger partial charge is 0.290 e. The number of benzene rings is 1. The van der Waals surface area contributed by atoms with Gasteiger partial charge in [-0.15, -0.1) is 0 Å². The lowest BCUT2D eigenvalue weighted by atomic mass is 10.2. The van der Waals surface area contributed by atoms with Gasteiger partial charge in [-0.25, -0.2) is 10.4 Å². The summed E-state index contributed by atoms with van der Waals surface area (Å²) in [5, 5.41) is 14.2. The highest BCUT2D eigenvalue weighted by Crippen LogP contribution is 2.26. The Morgan fingerprint density at radius 2 is 2.23 bits per heavy atom. The number of carbonyl (C=O) groups is 1. The van der Waals surface area contributed by atoms with Gasteiger partial charge in [-0.2, -0.15) is 5.10 Å². The lowest BCUT2D eigenvalue weighted by Gasteiger charge is -2.06. The molecule has 0 aliphatic heterocycles. The highest BCUT2D eigenvalue weighted by Gasteiger charge is 2.16. The Balaban J connectivity index is 1.79. The SMILES string of the molecule is CCOc1cc(/C=N\NC(=O)c2c(C)nc3ccc(Cl)cn23)ccc1O. The number of aromatic nitrogens is 2. The number of pyridine rings is 1. The molecule has 0 saturated heterocycles. The fraction of sp³-hybridized carbons (Fsp3) is 0.167. The van der Waals surface area contributed by atoms with Gasteiger partial charge in [0.15, 0.2) is 11.5 Å². The summed E-state index contributed by atoms with van der Waals surface area (Å²) >= 11 is 6.00. The first-order valence-electron chi connectivity index (χ1n) is 7.93. The molecule has 26 heavy (non-hydrogen) atoms. The van der Waals surface area contributed by atoms with E-state index < -0.39 is 5.91 Å². The Bertz CT molecular complexity index is 998. The van der Waals surface area contributed by atoms with Crippen molar-refractivity contribution in [2.75, 3.05) is 6.61 Å². The normalized spacial score (nSPS) is 11.2. The largest absolute Gasteiger partial charge is 0.504 e. The third-order valence-electron chi connectivity index (χ3n) is 3.64. The highest BCUT2D eigenvalue weighted by molar-refractivity contribution is 6.30. The minimum absolute atomic E-state index is 0.0475. The molecule has 0 bridgehead atoms. The van der Waals surface area contributed by atoms with Crippen LogP contribution in [0.3, 0.4) is 0 Å². The number of aryl methyl sites for hydroxylation is 1. The Kier molecular flexibility index (Phi) is 5.09. The van der Waals surface area contributed by atoms with E-state index in [9.17, 15) is 9.90 Å². The predicted molar refractivity (Wildman–Crippen MR) is 99.3 cm³/mol. The van der Waals surface area contributed by atoms with Gasteiger partial charge in [0, 0.05) is 6.20 Å². The second kappa shape index (κ2) is 7.45. The van der Waals surface area contributed by atoms with Crippen molar-refractivity contribution in [2.24, 2.45) is 5.10 Å². The van der Waals surface area contributed by atoms with Crippen molar-refractivity contribution in [2.45, 2.75) is 13.8 Å². The topological polar surface area (TPSA) is 88.2 Å². The first-order valence-corrected chi connectivity index (χ1v) is 8.31. The van der Waals surface area contributed by atoms with Crippen LogP contribution < -0.4 is 10.2 Å². The maximum Gasteiger partial charge on any atom is 0.290 e. The Morgan fingerprint density at radius 3 is 3.00 bits per heavy atom. The van der Waals surface area contributed by atoms with Gasteiger partial charge in [-0.3, -0.25) is 9.20 Å². The maximum absolute atomic E-state index is 12.5. The van der Waals surface area contributed by atoms with Crippen LogP contribution in [0.25, 0.3) is 5.65 Å². The summed E-state index contributed by atoms with van der Waals surface area (Å²) in [7, 11) is 0. The molecule has 0 aliphatic carbocycles. The van der Waals surface area contributed by atoms with Gasteiger partial charge in [-0.1, -0.05) is 11.6 Å². The van der Waals surface area contributed by atoms with E-state index in [4.69, 9.17) is 16.3 Å². The number of amides is 1. The minimum atomic E-state index is -0.405. The van der Waals surface area contributed by atoms with E-state index in [1.165, 1.54) is 12.3 Å². The molecule has 2 aromatic heterocycles.